The molecule has 0 atom stereocenters. The number of oxazole rings is 1. The number of carbonyl (C=O) groups excluding carboxylic acids is 1. The Morgan fingerprint density at radius 1 is 1.33 bits per heavy atom. The van der Waals surface area contributed by atoms with Crippen LogP contribution in [0.25, 0.3) is 11.1 Å². The minimum Gasteiger partial charge on any atom is -0.453 e. The summed E-state index contributed by atoms with van der Waals surface area (Å²) in [4.78, 5) is 15.3. The highest BCUT2D eigenvalue weighted by Gasteiger charge is 2.12. The quantitative estimate of drug-likeness (QED) is 0.721. The summed E-state index contributed by atoms with van der Waals surface area (Å²) in [7, 11) is 1.56. The van der Waals surface area contributed by atoms with E-state index in [1.54, 1.807) is 37.4 Å². The molecule has 1 aromatic carbocycles. The Morgan fingerprint density at radius 2 is 2.19 bits per heavy atom. The van der Waals surface area contributed by atoms with E-state index in [1.807, 2.05) is 0 Å². The summed E-state index contributed by atoms with van der Waals surface area (Å²) >= 11 is 4.91. The van der Waals surface area contributed by atoms with E-state index in [9.17, 15) is 4.79 Å². The molecule has 0 aliphatic carbocycles. The van der Waals surface area contributed by atoms with Gasteiger partial charge >= 0.3 is 0 Å². The molecule has 1 amide bonds. The van der Waals surface area contributed by atoms with Crippen LogP contribution >= 0.6 is 12.2 Å². The van der Waals surface area contributed by atoms with Gasteiger partial charge in [0.15, 0.2) is 11.3 Å². The van der Waals surface area contributed by atoms with Gasteiger partial charge in [-0.1, -0.05) is 0 Å². The van der Waals surface area contributed by atoms with Crippen LogP contribution in [-0.4, -0.2) is 18.0 Å². The van der Waals surface area contributed by atoms with Gasteiger partial charge in [0.2, 0.25) is 0 Å². The normalized spacial score (nSPS) is 10.9. The standard InChI is InChI=1S/C14H12N2O4S/c1-18-7-9-3-5-11(19-9)13(17)15-8-2-4-10-12(6-8)20-14(21)16-10/h2-6H,7H2,1H3,(H,15,17)(H,16,21). The zero-order chi connectivity index (χ0) is 14.8. The number of ether oxygens (including phenoxy) is 1. The van der Waals surface area contributed by atoms with Gasteiger partial charge in [0, 0.05) is 18.9 Å². The fraction of sp³-hybridized carbons (Fsp3) is 0.143. The SMILES string of the molecule is COCc1ccc(C(=O)Nc2ccc3[nH]c(=S)oc3c2)o1. The number of aromatic nitrogens is 1. The molecule has 0 spiro atoms. The molecule has 7 heteroatoms. The van der Waals surface area contributed by atoms with Gasteiger partial charge in [0.1, 0.15) is 12.4 Å². The second-order valence-corrected chi connectivity index (χ2v) is 4.75. The summed E-state index contributed by atoms with van der Waals surface area (Å²) in [6.45, 7) is 0.322. The van der Waals surface area contributed by atoms with Crippen molar-refractivity contribution in [1.29, 1.82) is 0 Å². The van der Waals surface area contributed by atoms with Gasteiger partial charge in [0.05, 0.1) is 5.52 Å². The van der Waals surface area contributed by atoms with Crippen LogP contribution in [-0.2, 0) is 11.3 Å². The van der Waals surface area contributed by atoms with E-state index in [4.69, 9.17) is 25.8 Å². The number of amides is 1. The number of furan rings is 1. The first-order valence-corrected chi connectivity index (χ1v) is 6.58. The third-order valence-corrected chi connectivity index (χ3v) is 3.04. The van der Waals surface area contributed by atoms with Gasteiger partial charge in [-0.15, -0.1) is 0 Å². The van der Waals surface area contributed by atoms with Crippen molar-refractivity contribution in [3.63, 3.8) is 0 Å². The topological polar surface area (TPSA) is 80.4 Å². The van der Waals surface area contributed by atoms with Gasteiger partial charge in [-0.25, -0.2) is 0 Å². The van der Waals surface area contributed by atoms with Crippen molar-refractivity contribution in [1.82, 2.24) is 4.98 Å². The molecule has 108 valence electrons. The van der Waals surface area contributed by atoms with Crippen LogP contribution in [0.1, 0.15) is 16.3 Å². The largest absolute Gasteiger partial charge is 0.453 e. The van der Waals surface area contributed by atoms with Crippen molar-refractivity contribution in [3.05, 3.63) is 46.7 Å². The lowest BCUT2D eigenvalue weighted by Crippen LogP contribution is -2.10. The highest BCUT2D eigenvalue weighted by atomic mass is 32.1. The van der Waals surface area contributed by atoms with Gasteiger partial charge in [-0.3, -0.25) is 4.79 Å². The maximum Gasteiger partial charge on any atom is 0.291 e. The summed E-state index contributed by atoms with van der Waals surface area (Å²) in [5.41, 5.74) is 1.95. The van der Waals surface area contributed by atoms with E-state index >= 15 is 0 Å². The Hall–Kier alpha value is -2.38. The average Bonchev–Trinajstić information content (AvgIpc) is 3.04. The third kappa shape index (κ3) is 2.88. The number of carbonyl (C=O) groups is 1. The van der Waals surface area contributed by atoms with Crippen LogP contribution in [0.3, 0.4) is 0 Å². The van der Waals surface area contributed by atoms with Crippen molar-refractivity contribution in [3.8, 4) is 0 Å². The molecule has 0 aliphatic heterocycles. The van der Waals surface area contributed by atoms with Crippen molar-refractivity contribution < 1.29 is 18.4 Å². The molecule has 3 aromatic rings. The average molecular weight is 304 g/mol. The number of rotatable bonds is 4. The Bertz CT molecular complexity index is 846. The summed E-state index contributed by atoms with van der Waals surface area (Å²) in [5, 5.41) is 2.73. The van der Waals surface area contributed by atoms with Crippen LogP contribution < -0.4 is 5.32 Å². The number of anilines is 1. The lowest BCUT2D eigenvalue weighted by atomic mass is 10.3. The lowest BCUT2D eigenvalue weighted by molar-refractivity contribution is 0.0987. The molecular formula is C14H12N2O4S. The van der Waals surface area contributed by atoms with Gasteiger partial charge < -0.3 is 23.9 Å². The first-order valence-electron chi connectivity index (χ1n) is 6.17. The molecule has 0 unspecified atom stereocenters. The van der Waals surface area contributed by atoms with Crippen molar-refractivity contribution in [2.24, 2.45) is 0 Å². The number of hydrogen-bond acceptors (Lipinski definition) is 5. The summed E-state index contributed by atoms with van der Waals surface area (Å²) in [6, 6.07) is 8.53. The van der Waals surface area contributed by atoms with Crippen molar-refractivity contribution in [2.75, 3.05) is 12.4 Å². The van der Waals surface area contributed by atoms with Crippen LogP contribution in [0.2, 0.25) is 0 Å². The molecule has 0 radical (unpaired) electrons. The molecule has 0 aliphatic rings. The molecule has 0 saturated heterocycles. The second kappa shape index (κ2) is 5.55. The summed E-state index contributed by atoms with van der Waals surface area (Å²) in [6.07, 6.45) is 0. The lowest BCUT2D eigenvalue weighted by Gasteiger charge is -2.02. The predicted octanol–water partition coefficient (Wildman–Crippen LogP) is 3.48. The van der Waals surface area contributed by atoms with Crippen LogP contribution in [0.15, 0.2) is 39.2 Å². The molecule has 3 rings (SSSR count). The van der Waals surface area contributed by atoms with Gasteiger partial charge in [-0.05, 0) is 36.5 Å². The number of nitrogens with one attached hydrogen (secondary N) is 2. The maximum absolute atomic E-state index is 12.1. The monoisotopic (exact) mass is 304 g/mol. The van der Waals surface area contributed by atoms with Crippen LogP contribution in [0.5, 0.6) is 0 Å². The fourth-order valence-corrected chi connectivity index (χ4v) is 2.14. The summed E-state index contributed by atoms with van der Waals surface area (Å²) < 4.78 is 15.6. The zero-order valence-electron chi connectivity index (χ0n) is 11.1. The number of H-pyrrole nitrogens is 1. The highest BCUT2D eigenvalue weighted by molar-refractivity contribution is 7.71. The van der Waals surface area contributed by atoms with E-state index in [2.05, 4.69) is 10.3 Å². The maximum atomic E-state index is 12.1. The van der Waals surface area contributed by atoms with Crippen molar-refractivity contribution >= 4 is 34.9 Å². The smallest absolute Gasteiger partial charge is 0.291 e. The first kappa shape index (κ1) is 13.6. The molecule has 0 fully saturated rings. The number of aromatic amines is 1. The van der Waals surface area contributed by atoms with Crippen LogP contribution in [0.4, 0.5) is 5.69 Å². The minimum atomic E-state index is -0.342. The predicted molar refractivity (Wildman–Crippen MR) is 78.8 cm³/mol. The molecule has 0 saturated carbocycles. The molecule has 21 heavy (non-hydrogen) atoms. The third-order valence-electron chi connectivity index (χ3n) is 2.85. The van der Waals surface area contributed by atoms with E-state index in [-0.39, 0.29) is 11.7 Å². The number of benzene rings is 1. The van der Waals surface area contributed by atoms with E-state index in [1.165, 1.54) is 0 Å². The minimum absolute atomic E-state index is 0.220. The van der Waals surface area contributed by atoms with E-state index < -0.39 is 0 Å². The number of methoxy groups -OCH3 is 1. The Kier molecular flexibility index (Phi) is 3.59. The van der Waals surface area contributed by atoms with Crippen LogP contribution in [0, 0.1) is 4.84 Å². The zero-order valence-corrected chi connectivity index (χ0v) is 12.0. The van der Waals surface area contributed by atoms with E-state index in [0.29, 0.717) is 28.5 Å². The Morgan fingerprint density at radius 3 is 3.00 bits per heavy atom. The molecule has 6 nitrogen and oxygen atoms in total. The Balaban J connectivity index is 1.79. The van der Waals surface area contributed by atoms with E-state index in [0.717, 1.165) is 5.52 Å². The molecule has 2 aromatic heterocycles. The molecular weight excluding hydrogens is 292 g/mol. The highest BCUT2D eigenvalue weighted by Crippen LogP contribution is 2.19. The van der Waals surface area contributed by atoms with Crippen molar-refractivity contribution in [2.45, 2.75) is 6.61 Å². The first-order chi connectivity index (χ1) is 10.2. The number of fused-ring (bicyclic) bond motifs is 1. The molecule has 0 bridgehead atoms. The fourth-order valence-electron chi connectivity index (χ4n) is 1.94. The number of hydrogen-bond donors (Lipinski definition) is 2. The molecule has 2 heterocycles. The van der Waals surface area contributed by atoms with Gasteiger partial charge in [-0.2, -0.15) is 0 Å². The van der Waals surface area contributed by atoms with Gasteiger partial charge in [0.25, 0.3) is 10.7 Å². The summed E-state index contributed by atoms with van der Waals surface area (Å²) in [5.74, 6) is 0.470. The Labute approximate surface area is 124 Å². The second-order valence-electron chi connectivity index (χ2n) is 4.38. The molecule has 2 N–H and O–H groups in total.